The molecule has 1 saturated carbocycles. The molecule has 19 heavy (non-hydrogen) atoms. The van der Waals surface area contributed by atoms with E-state index in [1.54, 1.807) is 0 Å². The molecule has 0 aliphatic heterocycles. The van der Waals surface area contributed by atoms with Gasteiger partial charge in [-0.05, 0) is 37.0 Å². The van der Waals surface area contributed by atoms with Gasteiger partial charge in [0.15, 0.2) is 0 Å². The average Bonchev–Trinajstić information content (AvgIpc) is 2.61. The lowest BCUT2D eigenvalue weighted by Gasteiger charge is -2.28. The van der Waals surface area contributed by atoms with Crippen LogP contribution in [0.3, 0.4) is 0 Å². The normalized spacial score (nSPS) is 25.8. The summed E-state index contributed by atoms with van der Waals surface area (Å²) in [4.78, 5) is 0. The lowest BCUT2D eigenvalue weighted by atomic mass is 10.00. The first-order valence-corrected chi connectivity index (χ1v) is 7.78. The molecule has 0 aromatic heterocycles. The molecule has 3 unspecified atom stereocenters. The average molecular weight is 282 g/mol. The minimum atomic E-state index is -0.212. The largest absolute Gasteiger partial charge is 0.392 e. The van der Waals surface area contributed by atoms with Gasteiger partial charge in [0.2, 0.25) is 0 Å². The van der Waals surface area contributed by atoms with Crippen LogP contribution in [0.5, 0.6) is 0 Å². The Bertz CT molecular complexity index is 396. The predicted octanol–water partition coefficient (Wildman–Crippen LogP) is 4.07. The van der Waals surface area contributed by atoms with E-state index in [2.05, 4.69) is 18.3 Å². The number of aliphatic hydroxyl groups excluding tert-OH is 1. The molecule has 0 amide bonds. The van der Waals surface area contributed by atoms with Gasteiger partial charge in [0, 0.05) is 17.1 Å². The minimum absolute atomic E-state index is 0.212. The van der Waals surface area contributed by atoms with Crippen LogP contribution in [0, 0.1) is 0 Å². The molecule has 106 valence electrons. The van der Waals surface area contributed by atoms with Gasteiger partial charge in [-0.25, -0.2) is 0 Å². The van der Waals surface area contributed by atoms with Crippen LogP contribution in [0.4, 0.5) is 0 Å². The fourth-order valence-corrected chi connectivity index (χ4v) is 3.11. The summed E-state index contributed by atoms with van der Waals surface area (Å²) in [6, 6.07) is 8.51. The smallest absolute Gasteiger partial charge is 0.0693 e. The molecule has 2 nitrogen and oxygen atoms in total. The summed E-state index contributed by atoms with van der Waals surface area (Å²) in [5.41, 5.74) is 1.21. The monoisotopic (exact) mass is 281 g/mol. The Balaban J connectivity index is 2.05. The van der Waals surface area contributed by atoms with Crippen molar-refractivity contribution in [2.75, 3.05) is 0 Å². The molecule has 2 N–H and O–H groups in total. The van der Waals surface area contributed by atoms with E-state index in [1.165, 1.54) is 18.4 Å². The van der Waals surface area contributed by atoms with E-state index < -0.39 is 0 Å². The van der Waals surface area contributed by atoms with Gasteiger partial charge >= 0.3 is 0 Å². The Hall–Kier alpha value is -0.570. The number of rotatable bonds is 4. The summed E-state index contributed by atoms with van der Waals surface area (Å²) in [6.07, 6.45) is 6.37. The van der Waals surface area contributed by atoms with Crippen molar-refractivity contribution in [2.45, 2.75) is 63.6 Å². The molecule has 3 atom stereocenters. The Morgan fingerprint density at radius 3 is 2.84 bits per heavy atom. The van der Waals surface area contributed by atoms with Crippen molar-refractivity contribution in [3.63, 3.8) is 0 Å². The lowest BCUT2D eigenvalue weighted by Crippen LogP contribution is -2.41. The highest BCUT2D eigenvalue weighted by molar-refractivity contribution is 6.30. The number of benzene rings is 1. The Morgan fingerprint density at radius 2 is 2.11 bits per heavy atom. The second-order valence-electron chi connectivity index (χ2n) is 5.49. The quantitative estimate of drug-likeness (QED) is 0.815. The fourth-order valence-electron chi connectivity index (χ4n) is 2.91. The molecule has 1 aromatic rings. The second kappa shape index (κ2) is 7.28. The van der Waals surface area contributed by atoms with Crippen molar-refractivity contribution in [2.24, 2.45) is 0 Å². The minimum Gasteiger partial charge on any atom is -0.392 e. The third-order valence-electron chi connectivity index (χ3n) is 4.05. The van der Waals surface area contributed by atoms with E-state index in [1.807, 2.05) is 18.2 Å². The van der Waals surface area contributed by atoms with Gasteiger partial charge in [0.05, 0.1) is 6.10 Å². The molecule has 1 fully saturated rings. The Kier molecular flexibility index (Phi) is 5.68. The first-order chi connectivity index (χ1) is 9.20. The summed E-state index contributed by atoms with van der Waals surface area (Å²) < 4.78 is 0. The van der Waals surface area contributed by atoms with E-state index in [4.69, 9.17) is 11.6 Å². The highest BCUT2D eigenvalue weighted by atomic mass is 35.5. The molecule has 0 saturated heterocycles. The van der Waals surface area contributed by atoms with Crippen molar-refractivity contribution in [1.29, 1.82) is 0 Å². The first-order valence-electron chi connectivity index (χ1n) is 7.40. The highest BCUT2D eigenvalue weighted by Gasteiger charge is 2.24. The zero-order valence-electron chi connectivity index (χ0n) is 11.6. The highest BCUT2D eigenvalue weighted by Crippen LogP contribution is 2.24. The number of hydrogen-bond donors (Lipinski definition) is 2. The summed E-state index contributed by atoms with van der Waals surface area (Å²) in [5, 5.41) is 14.6. The summed E-state index contributed by atoms with van der Waals surface area (Å²) in [7, 11) is 0. The van der Waals surface area contributed by atoms with E-state index in [9.17, 15) is 5.11 Å². The van der Waals surface area contributed by atoms with Crippen LogP contribution >= 0.6 is 11.6 Å². The zero-order chi connectivity index (χ0) is 13.7. The molecule has 0 bridgehead atoms. The van der Waals surface area contributed by atoms with Gasteiger partial charge < -0.3 is 10.4 Å². The molecular weight excluding hydrogens is 258 g/mol. The predicted molar refractivity (Wildman–Crippen MR) is 80.5 cm³/mol. The van der Waals surface area contributed by atoms with Gasteiger partial charge in [0.1, 0.15) is 0 Å². The molecule has 0 heterocycles. The van der Waals surface area contributed by atoms with Crippen LogP contribution < -0.4 is 5.32 Å². The number of hydrogen-bond acceptors (Lipinski definition) is 2. The van der Waals surface area contributed by atoms with Gasteiger partial charge in [0.25, 0.3) is 0 Å². The van der Waals surface area contributed by atoms with Crippen molar-refractivity contribution in [3.05, 3.63) is 34.9 Å². The number of aliphatic hydroxyl groups is 1. The van der Waals surface area contributed by atoms with E-state index in [0.29, 0.717) is 0 Å². The fraction of sp³-hybridized carbons (Fsp3) is 0.625. The maximum absolute atomic E-state index is 10.2. The van der Waals surface area contributed by atoms with Crippen LogP contribution in [0.2, 0.25) is 5.02 Å². The lowest BCUT2D eigenvalue weighted by molar-refractivity contribution is 0.113. The molecule has 2 rings (SSSR count). The molecular formula is C16H24ClNO. The van der Waals surface area contributed by atoms with Crippen molar-refractivity contribution < 1.29 is 5.11 Å². The van der Waals surface area contributed by atoms with Crippen LogP contribution in [-0.2, 0) is 0 Å². The molecule has 0 spiro atoms. The molecule has 3 heteroatoms. The van der Waals surface area contributed by atoms with E-state index in [-0.39, 0.29) is 18.2 Å². The van der Waals surface area contributed by atoms with Gasteiger partial charge in [-0.1, -0.05) is 49.9 Å². The van der Waals surface area contributed by atoms with Gasteiger partial charge in [-0.15, -0.1) is 0 Å². The van der Waals surface area contributed by atoms with Crippen LogP contribution in [0.15, 0.2) is 24.3 Å². The van der Waals surface area contributed by atoms with Crippen LogP contribution in [-0.4, -0.2) is 17.3 Å². The Morgan fingerprint density at radius 1 is 1.32 bits per heavy atom. The summed E-state index contributed by atoms with van der Waals surface area (Å²) in [6.45, 7) is 2.17. The Labute approximate surface area is 121 Å². The number of halogens is 1. The summed E-state index contributed by atoms with van der Waals surface area (Å²) in [5.74, 6) is 0. The zero-order valence-corrected chi connectivity index (χ0v) is 12.4. The topological polar surface area (TPSA) is 32.3 Å². The van der Waals surface area contributed by atoms with Crippen molar-refractivity contribution in [1.82, 2.24) is 5.32 Å². The summed E-state index contributed by atoms with van der Waals surface area (Å²) >= 11 is 6.07. The molecule has 1 aliphatic rings. The maximum Gasteiger partial charge on any atom is 0.0693 e. The number of nitrogens with one attached hydrogen (secondary N) is 1. The van der Waals surface area contributed by atoms with Gasteiger partial charge in [-0.2, -0.15) is 0 Å². The van der Waals surface area contributed by atoms with Crippen molar-refractivity contribution in [3.8, 4) is 0 Å². The first kappa shape index (κ1) is 14.8. The molecule has 0 radical (unpaired) electrons. The molecule has 1 aliphatic carbocycles. The van der Waals surface area contributed by atoms with Crippen molar-refractivity contribution >= 4 is 11.6 Å². The molecule has 1 aromatic carbocycles. The van der Waals surface area contributed by atoms with E-state index in [0.717, 1.165) is 30.7 Å². The SMILES string of the molecule is CCC(NC1CCCCCC1O)c1cccc(Cl)c1. The maximum atomic E-state index is 10.2. The van der Waals surface area contributed by atoms with Gasteiger partial charge in [-0.3, -0.25) is 0 Å². The van der Waals surface area contributed by atoms with Crippen LogP contribution in [0.25, 0.3) is 0 Å². The van der Waals surface area contributed by atoms with Crippen LogP contribution in [0.1, 0.15) is 57.1 Å². The standard InChI is InChI=1S/C16H24ClNO/c1-2-14(12-7-6-8-13(17)11-12)18-15-9-4-3-5-10-16(15)19/h6-8,11,14-16,18-19H,2-5,9-10H2,1H3. The second-order valence-corrected chi connectivity index (χ2v) is 5.93. The van der Waals surface area contributed by atoms with E-state index >= 15 is 0 Å². The third kappa shape index (κ3) is 4.20. The third-order valence-corrected chi connectivity index (χ3v) is 4.29.